The van der Waals surface area contributed by atoms with Crippen molar-refractivity contribution >= 4 is 33.4 Å². The number of benzene rings is 2. The molecule has 0 aliphatic carbocycles. The van der Waals surface area contributed by atoms with Crippen molar-refractivity contribution in [1.82, 2.24) is 0 Å². The van der Waals surface area contributed by atoms with Crippen LogP contribution in [-0.4, -0.2) is 0 Å². The zero-order valence-corrected chi connectivity index (χ0v) is 11.9. The van der Waals surface area contributed by atoms with E-state index in [1.807, 2.05) is 0 Å². The zero-order valence-electron chi connectivity index (χ0n) is 9.54. The Hall–Kier alpha value is -1.14. The van der Waals surface area contributed by atoms with Crippen LogP contribution >= 0.6 is 27.7 Å². The molecule has 0 saturated heterocycles. The number of rotatable bonds is 2. The van der Waals surface area contributed by atoms with Gasteiger partial charge in [-0.2, -0.15) is 13.2 Å². The Morgan fingerprint density at radius 1 is 1.00 bits per heavy atom. The van der Waals surface area contributed by atoms with Crippen LogP contribution in [-0.2, 0) is 6.18 Å². The van der Waals surface area contributed by atoms with E-state index in [0.717, 1.165) is 17.8 Å². The Morgan fingerprint density at radius 2 is 1.63 bits per heavy atom. The van der Waals surface area contributed by atoms with Gasteiger partial charge < -0.3 is 5.73 Å². The van der Waals surface area contributed by atoms with Gasteiger partial charge in [-0.3, -0.25) is 0 Å². The molecular formula is C13H9BrF3NS. The predicted molar refractivity (Wildman–Crippen MR) is 74.1 cm³/mol. The highest BCUT2D eigenvalue weighted by atomic mass is 79.9. The van der Waals surface area contributed by atoms with Crippen LogP contribution in [0.5, 0.6) is 0 Å². The van der Waals surface area contributed by atoms with Crippen LogP contribution < -0.4 is 5.73 Å². The molecule has 0 bridgehead atoms. The van der Waals surface area contributed by atoms with Gasteiger partial charge in [0.05, 0.1) is 5.56 Å². The highest BCUT2D eigenvalue weighted by Crippen LogP contribution is 2.40. The van der Waals surface area contributed by atoms with Gasteiger partial charge in [-0.1, -0.05) is 27.7 Å². The fourth-order valence-corrected chi connectivity index (χ4v) is 3.00. The summed E-state index contributed by atoms with van der Waals surface area (Å²) in [5.41, 5.74) is 5.48. The molecule has 0 atom stereocenters. The van der Waals surface area contributed by atoms with Gasteiger partial charge in [0.1, 0.15) is 0 Å². The standard InChI is InChI=1S/C13H9BrF3NS/c14-8-1-6-11(13(15,16)17)12(7-8)19-10-4-2-9(18)3-5-10/h1-7H,18H2. The molecule has 0 spiro atoms. The summed E-state index contributed by atoms with van der Waals surface area (Å²) in [6, 6.07) is 10.6. The van der Waals surface area contributed by atoms with E-state index in [0.29, 0.717) is 15.1 Å². The number of hydrogen-bond donors (Lipinski definition) is 1. The number of anilines is 1. The Labute approximate surface area is 121 Å². The maximum Gasteiger partial charge on any atom is 0.417 e. The zero-order chi connectivity index (χ0) is 14.0. The molecule has 0 aliphatic heterocycles. The summed E-state index contributed by atoms with van der Waals surface area (Å²) in [6.07, 6.45) is -4.36. The van der Waals surface area contributed by atoms with E-state index in [1.165, 1.54) is 12.1 Å². The van der Waals surface area contributed by atoms with Gasteiger partial charge in [0, 0.05) is 20.0 Å². The van der Waals surface area contributed by atoms with Crippen molar-refractivity contribution in [3.05, 3.63) is 52.5 Å². The van der Waals surface area contributed by atoms with Crippen molar-refractivity contribution in [3.63, 3.8) is 0 Å². The summed E-state index contributed by atoms with van der Waals surface area (Å²) in [6.45, 7) is 0. The Morgan fingerprint density at radius 3 is 2.21 bits per heavy atom. The second-order valence-electron chi connectivity index (χ2n) is 3.81. The Kier molecular flexibility index (Phi) is 4.10. The summed E-state index contributed by atoms with van der Waals surface area (Å²) >= 11 is 4.25. The van der Waals surface area contributed by atoms with Crippen molar-refractivity contribution in [1.29, 1.82) is 0 Å². The van der Waals surface area contributed by atoms with E-state index >= 15 is 0 Å². The van der Waals surface area contributed by atoms with E-state index in [2.05, 4.69) is 15.9 Å². The first-order valence-corrected chi connectivity index (χ1v) is 6.87. The maximum atomic E-state index is 12.9. The average molecular weight is 348 g/mol. The molecule has 0 saturated carbocycles. The van der Waals surface area contributed by atoms with Gasteiger partial charge in [-0.15, -0.1) is 0 Å². The molecule has 0 aliphatic rings. The molecular weight excluding hydrogens is 339 g/mol. The van der Waals surface area contributed by atoms with Crippen molar-refractivity contribution < 1.29 is 13.2 Å². The smallest absolute Gasteiger partial charge is 0.399 e. The third-order valence-corrected chi connectivity index (χ3v) is 3.92. The van der Waals surface area contributed by atoms with Gasteiger partial charge in [0.2, 0.25) is 0 Å². The number of nitrogen functional groups attached to an aromatic ring is 1. The third kappa shape index (κ3) is 3.67. The van der Waals surface area contributed by atoms with Crippen molar-refractivity contribution in [2.24, 2.45) is 0 Å². The molecule has 100 valence electrons. The molecule has 2 aromatic carbocycles. The first-order valence-electron chi connectivity index (χ1n) is 5.26. The van der Waals surface area contributed by atoms with Crippen molar-refractivity contribution in [2.75, 3.05) is 5.73 Å². The van der Waals surface area contributed by atoms with Crippen LogP contribution in [0.25, 0.3) is 0 Å². The highest BCUT2D eigenvalue weighted by Gasteiger charge is 2.33. The summed E-state index contributed by atoms with van der Waals surface area (Å²) in [7, 11) is 0. The second kappa shape index (κ2) is 5.46. The molecule has 0 amide bonds. The predicted octanol–water partition coefficient (Wildman–Crippen LogP) is 5.20. The first-order chi connectivity index (χ1) is 8.86. The summed E-state index contributed by atoms with van der Waals surface area (Å²) in [5.74, 6) is 0. The molecule has 1 nitrogen and oxygen atoms in total. The van der Waals surface area contributed by atoms with Crippen LogP contribution in [0.3, 0.4) is 0 Å². The molecule has 0 unspecified atom stereocenters. The number of halogens is 4. The van der Waals surface area contributed by atoms with Crippen LogP contribution in [0.15, 0.2) is 56.7 Å². The molecule has 2 rings (SSSR count). The lowest BCUT2D eigenvalue weighted by Crippen LogP contribution is -2.06. The molecule has 0 fully saturated rings. The van der Waals surface area contributed by atoms with Gasteiger partial charge in [-0.25, -0.2) is 0 Å². The summed E-state index contributed by atoms with van der Waals surface area (Å²) in [4.78, 5) is 0.865. The van der Waals surface area contributed by atoms with E-state index in [4.69, 9.17) is 5.73 Å². The minimum absolute atomic E-state index is 0.159. The summed E-state index contributed by atoms with van der Waals surface area (Å²) < 4.78 is 39.3. The average Bonchev–Trinajstić information content (AvgIpc) is 2.30. The van der Waals surface area contributed by atoms with Crippen LogP contribution in [0.2, 0.25) is 0 Å². The minimum Gasteiger partial charge on any atom is -0.399 e. The van der Waals surface area contributed by atoms with Crippen LogP contribution in [0, 0.1) is 0 Å². The van der Waals surface area contributed by atoms with Crippen molar-refractivity contribution in [2.45, 2.75) is 16.0 Å². The topological polar surface area (TPSA) is 26.0 Å². The van der Waals surface area contributed by atoms with Crippen molar-refractivity contribution in [3.8, 4) is 0 Å². The Bertz CT molecular complexity index is 581. The molecule has 0 radical (unpaired) electrons. The quantitative estimate of drug-likeness (QED) is 0.755. The molecule has 19 heavy (non-hydrogen) atoms. The Balaban J connectivity index is 2.38. The van der Waals surface area contributed by atoms with E-state index in [-0.39, 0.29) is 4.90 Å². The molecule has 0 aromatic heterocycles. The lowest BCUT2D eigenvalue weighted by Gasteiger charge is -2.12. The minimum atomic E-state index is -4.36. The van der Waals surface area contributed by atoms with E-state index < -0.39 is 11.7 Å². The molecule has 6 heteroatoms. The van der Waals surface area contributed by atoms with Crippen LogP contribution in [0.1, 0.15) is 5.56 Å². The summed E-state index contributed by atoms with van der Waals surface area (Å²) in [5, 5.41) is 0. The van der Waals surface area contributed by atoms with Gasteiger partial charge in [0.25, 0.3) is 0 Å². The van der Waals surface area contributed by atoms with Gasteiger partial charge >= 0.3 is 6.18 Å². The second-order valence-corrected chi connectivity index (χ2v) is 5.84. The maximum absolute atomic E-state index is 12.9. The van der Waals surface area contributed by atoms with Crippen LogP contribution in [0.4, 0.5) is 18.9 Å². The monoisotopic (exact) mass is 347 g/mol. The number of hydrogen-bond acceptors (Lipinski definition) is 2. The first kappa shape index (κ1) is 14.3. The lowest BCUT2D eigenvalue weighted by atomic mass is 10.2. The normalized spacial score (nSPS) is 11.6. The van der Waals surface area contributed by atoms with E-state index in [9.17, 15) is 13.2 Å². The fourth-order valence-electron chi connectivity index (χ4n) is 1.48. The molecule has 0 heterocycles. The lowest BCUT2D eigenvalue weighted by molar-refractivity contribution is -0.139. The SMILES string of the molecule is Nc1ccc(Sc2cc(Br)ccc2C(F)(F)F)cc1. The van der Waals surface area contributed by atoms with Gasteiger partial charge in [0.15, 0.2) is 0 Å². The third-order valence-electron chi connectivity index (χ3n) is 2.36. The number of nitrogens with two attached hydrogens (primary N) is 1. The van der Waals surface area contributed by atoms with Gasteiger partial charge in [-0.05, 0) is 42.5 Å². The largest absolute Gasteiger partial charge is 0.417 e. The molecule has 2 N–H and O–H groups in total. The van der Waals surface area contributed by atoms with E-state index in [1.54, 1.807) is 24.3 Å². The highest BCUT2D eigenvalue weighted by molar-refractivity contribution is 9.10. The fraction of sp³-hybridized carbons (Fsp3) is 0.0769. The molecule has 2 aromatic rings. The number of alkyl halides is 3.